The van der Waals surface area contributed by atoms with Crippen LogP contribution in [-0.2, 0) is 0 Å². The molecule has 0 spiro atoms. The van der Waals surface area contributed by atoms with E-state index >= 15 is 0 Å². The van der Waals surface area contributed by atoms with Gasteiger partial charge < -0.3 is 9.80 Å². The quantitative estimate of drug-likeness (QED) is 0.585. The van der Waals surface area contributed by atoms with Crippen molar-refractivity contribution in [2.75, 3.05) is 33.7 Å². The lowest BCUT2D eigenvalue weighted by Crippen LogP contribution is -3.20. The largest absolute Gasteiger partial charge is 0.335 e. The fourth-order valence-corrected chi connectivity index (χ4v) is 2.77. The SMILES string of the molecule is CC[NH+](CC[NH+](C)C)C1CCCCCC1. The molecule has 1 unspecified atom stereocenters. The summed E-state index contributed by atoms with van der Waals surface area (Å²) in [7, 11) is 4.53. The van der Waals surface area contributed by atoms with E-state index in [1.807, 2.05) is 4.90 Å². The molecule has 1 aliphatic rings. The van der Waals surface area contributed by atoms with Crippen molar-refractivity contribution in [2.45, 2.75) is 51.5 Å². The van der Waals surface area contributed by atoms with Crippen LogP contribution >= 0.6 is 0 Å². The lowest BCUT2D eigenvalue weighted by atomic mass is 10.1. The van der Waals surface area contributed by atoms with E-state index in [2.05, 4.69) is 21.0 Å². The van der Waals surface area contributed by atoms with E-state index in [0.29, 0.717) is 0 Å². The minimum Gasteiger partial charge on any atom is -0.335 e. The van der Waals surface area contributed by atoms with Gasteiger partial charge in [-0.15, -0.1) is 0 Å². The van der Waals surface area contributed by atoms with Crippen molar-refractivity contribution in [1.82, 2.24) is 0 Å². The minimum absolute atomic E-state index is 0.969. The highest BCUT2D eigenvalue weighted by Crippen LogP contribution is 2.15. The molecule has 15 heavy (non-hydrogen) atoms. The van der Waals surface area contributed by atoms with E-state index < -0.39 is 0 Å². The van der Waals surface area contributed by atoms with E-state index in [4.69, 9.17) is 0 Å². The molecular formula is C13H30N2+2. The van der Waals surface area contributed by atoms with Crippen LogP contribution in [-0.4, -0.2) is 39.8 Å². The Bertz CT molecular complexity index is 149. The Morgan fingerprint density at radius 3 is 2.00 bits per heavy atom. The van der Waals surface area contributed by atoms with E-state index in [0.717, 1.165) is 6.04 Å². The first-order chi connectivity index (χ1) is 7.24. The number of hydrogen-bond donors (Lipinski definition) is 2. The van der Waals surface area contributed by atoms with Crippen LogP contribution in [0.3, 0.4) is 0 Å². The lowest BCUT2D eigenvalue weighted by molar-refractivity contribution is -0.957. The summed E-state index contributed by atoms with van der Waals surface area (Å²) < 4.78 is 0. The summed E-state index contributed by atoms with van der Waals surface area (Å²) >= 11 is 0. The first-order valence-corrected chi connectivity index (χ1v) is 6.87. The zero-order valence-electron chi connectivity index (χ0n) is 10.9. The summed E-state index contributed by atoms with van der Waals surface area (Å²) in [4.78, 5) is 3.45. The Morgan fingerprint density at radius 1 is 0.933 bits per heavy atom. The first kappa shape index (κ1) is 13.0. The molecule has 1 rings (SSSR count). The number of quaternary nitrogens is 2. The molecule has 0 bridgehead atoms. The van der Waals surface area contributed by atoms with Gasteiger partial charge in [0.15, 0.2) is 0 Å². The predicted octanol–water partition coefficient (Wildman–Crippen LogP) is -0.241. The smallest absolute Gasteiger partial charge is 0.127 e. The van der Waals surface area contributed by atoms with Crippen molar-refractivity contribution in [3.8, 4) is 0 Å². The van der Waals surface area contributed by atoms with E-state index in [1.54, 1.807) is 4.90 Å². The maximum atomic E-state index is 2.35. The van der Waals surface area contributed by atoms with Gasteiger partial charge in [0.25, 0.3) is 0 Å². The predicted molar refractivity (Wildman–Crippen MR) is 65.5 cm³/mol. The molecule has 2 heteroatoms. The summed E-state index contributed by atoms with van der Waals surface area (Å²) in [5.74, 6) is 0. The third-order valence-electron chi connectivity index (χ3n) is 3.83. The molecule has 1 atom stereocenters. The van der Waals surface area contributed by atoms with Gasteiger partial charge in [0.2, 0.25) is 0 Å². The summed E-state index contributed by atoms with van der Waals surface area (Å²) in [6.07, 6.45) is 8.86. The maximum absolute atomic E-state index is 2.35. The van der Waals surface area contributed by atoms with Crippen molar-refractivity contribution in [3.05, 3.63) is 0 Å². The fraction of sp³-hybridized carbons (Fsp3) is 1.00. The molecule has 1 saturated carbocycles. The molecule has 0 radical (unpaired) electrons. The molecule has 1 fully saturated rings. The van der Waals surface area contributed by atoms with Crippen LogP contribution in [0.4, 0.5) is 0 Å². The van der Waals surface area contributed by atoms with E-state index in [9.17, 15) is 0 Å². The van der Waals surface area contributed by atoms with Gasteiger partial charge in [0, 0.05) is 0 Å². The number of rotatable bonds is 5. The van der Waals surface area contributed by atoms with Crippen molar-refractivity contribution in [3.63, 3.8) is 0 Å². The van der Waals surface area contributed by atoms with Gasteiger partial charge in [-0.3, -0.25) is 0 Å². The molecule has 0 amide bonds. The van der Waals surface area contributed by atoms with Crippen molar-refractivity contribution < 1.29 is 9.80 Å². The normalized spacial score (nSPS) is 21.6. The number of hydrogen-bond acceptors (Lipinski definition) is 0. The van der Waals surface area contributed by atoms with Crippen LogP contribution in [0.5, 0.6) is 0 Å². The molecule has 0 heterocycles. The highest BCUT2D eigenvalue weighted by molar-refractivity contribution is 4.62. The third-order valence-corrected chi connectivity index (χ3v) is 3.83. The first-order valence-electron chi connectivity index (χ1n) is 6.87. The molecule has 0 aromatic rings. The molecule has 0 aromatic carbocycles. The minimum atomic E-state index is 0.969. The molecular weight excluding hydrogens is 184 g/mol. The molecule has 0 aromatic heterocycles. The Morgan fingerprint density at radius 2 is 1.53 bits per heavy atom. The molecule has 2 N–H and O–H groups in total. The fourth-order valence-electron chi connectivity index (χ4n) is 2.77. The van der Waals surface area contributed by atoms with E-state index in [1.165, 1.54) is 58.2 Å². The average molecular weight is 214 g/mol. The van der Waals surface area contributed by atoms with Crippen LogP contribution in [0.15, 0.2) is 0 Å². The second kappa shape index (κ2) is 7.24. The Balaban J connectivity index is 2.34. The van der Waals surface area contributed by atoms with Crippen molar-refractivity contribution in [1.29, 1.82) is 0 Å². The van der Waals surface area contributed by atoms with Gasteiger partial charge in [-0.2, -0.15) is 0 Å². The van der Waals surface area contributed by atoms with Crippen LogP contribution in [0.2, 0.25) is 0 Å². The molecule has 1 aliphatic carbocycles. The van der Waals surface area contributed by atoms with Gasteiger partial charge in [-0.05, 0) is 32.6 Å². The average Bonchev–Trinajstić information content (AvgIpc) is 2.47. The summed E-state index contributed by atoms with van der Waals surface area (Å²) in [6, 6.07) is 0.969. The van der Waals surface area contributed by atoms with E-state index in [-0.39, 0.29) is 0 Å². The Kier molecular flexibility index (Phi) is 6.26. The van der Waals surface area contributed by atoms with Gasteiger partial charge in [-0.25, -0.2) is 0 Å². The molecule has 2 nitrogen and oxygen atoms in total. The zero-order valence-corrected chi connectivity index (χ0v) is 10.9. The third kappa shape index (κ3) is 4.98. The molecule has 0 aliphatic heterocycles. The van der Waals surface area contributed by atoms with Gasteiger partial charge in [0.05, 0.1) is 26.7 Å². The second-order valence-electron chi connectivity index (χ2n) is 5.41. The van der Waals surface area contributed by atoms with Crippen molar-refractivity contribution in [2.24, 2.45) is 0 Å². The zero-order chi connectivity index (χ0) is 11.1. The summed E-state index contributed by atoms with van der Waals surface area (Å²) in [5, 5.41) is 0. The lowest BCUT2D eigenvalue weighted by Gasteiger charge is -2.27. The van der Waals surface area contributed by atoms with Crippen LogP contribution in [0.25, 0.3) is 0 Å². The van der Waals surface area contributed by atoms with Crippen LogP contribution < -0.4 is 9.80 Å². The van der Waals surface area contributed by atoms with Crippen molar-refractivity contribution >= 4 is 0 Å². The standard InChI is InChI=1S/C13H28N2/c1-4-15(12-11-14(2)3)13-9-7-5-6-8-10-13/h13H,4-12H2,1-3H3/p+2. The van der Waals surface area contributed by atoms with Crippen LogP contribution in [0, 0.1) is 0 Å². The Hall–Kier alpha value is -0.0800. The second-order valence-corrected chi connectivity index (χ2v) is 5.41. The highest BCUT2D eigenvalue weighted by atomic mass is 15.2. The molecule has 90 valence electrons. The number of nitrogens with one attached hydrogen (secondary N) is 2. The van der Waals surface area contributed by atoms with Gasteiger partial charge in [-0.1, -0.05) is 12.8 Å². The number of likely N-dealkylation sites (N-methyl/N-ethyl adjacent to an activating group) is 2. The molecule has 0 saturated heterocycles. The Labute approximate surface area is 95.6 Å². The van der Waals surface area contributed by atoms with Gasteiger partial charge in [0.1, 0.15) is 13.1 Å². The van der Waals surface area contributed by atoms with Gasteiger partial charge >= 0.3 is 0 Å². The topological polar surface area (TPSA) is 8.88 Å². The maximum Gasteiger partial charge on any atom is 0.127 e. The van der Waals surface area contributed by atoms with Crippen LogP contribution in [0.1, 0.15) is 45.4 Å². The summed E-state index contributed by atoms with van der Waals surface area (Å²) in [6.45, 7) is 6.35. The highest BCUT2D eigenvalue weighted by Gasteiger charge is 2.22. The summed E-state index contributed by atoms with van der Waals surface area (Å²) in [5.41, 5.74) is 0. The monoisotopic (exact) mass is 214 g/mol.